The maximum Gasteiger partial charge on any atom is 0.224 e. The van der Waals surface area contributed by atoms with Gasteiger partial charge in [-0.1, -0.05) is 0 Å². The van der Waals surface area contributed by atoms with Gasteiger partial charge in [-0.05, 0) is 76.8 Å². The second-order valence-corrected chi connectivity index (χ2v) is 9.87. The van der Waals surface area contributed by atoms with Gasteiger partial charge >= 0.3 is 0 Å². The SMILES string of the molecule is Cc1cc2cc(-c3c(C)nc(NCC4CCOCC4)nc3N[C@H]3CC[C@@H](CO)C3)oc2c(C)n1. The van der Waals surface area contributed by atoms with Gasteiger partial charge in [0.2, 0.25) is 5.95 Å². The summed E-state index contributed by atoms with van der Waals surface area (Å²) in [5.41, 5.74) is 4.40. The Morgan fingerprint density at radius 3 is 2.56 bits per heavy atom. The molecule has 0 radical (unpaired) electrons. The predicted molar refractivity (Wildman–Crippen MR) is 133 cm³/mol. The molecule has 3 N–H and O–H groups in total. The molecule has 2 aliphatic rings. The number of ether oxygens (including phenoxy) is 1. The molecule has 0 bridgehead atoms. The Hall–Kier alpha value is -2.71. The van der Waals surface area contributed by atoms with Gasteiger partial charge in [-0.3, -0.25) is 4.98 Å². The number of furan rings is 1. The van der Waals surface area contributed by atoms with E-state index in [4.69, 9.17) is 19.1 Å². The molecule has 34 heavy (non-hydrogen) atoms. The van der Waals surface area contributed by atoms with E-state index in [9.17, 15) is 5.11 Å². The first kappa shape index (κ1) is 23.1. The van der Waals surface area contributed by atoms with Crippen LogP contribution in [0.1, 0.15) is 49.2 Å². The van der Waals surface area contributed by atoms with E-state index in [2.05, 4.69) is 21.7 Å². The van der Waals surface area contributed by atoms with Crippen LogP contribution in [-0.4, -0.2) is 52.5 Å². The summed E-state index contributed by atoms with van der Waals surface area (Å²) in [6, 6.07) is 4.38. The molecule has 8 nitrogen and oxygen atoms in total. The van der Waals surface area contributed by atoms with E-state index in [1.165, 1.54) is 0 Å². The lowest BCUT2D eigenvalue weighted by molar-refractivity contribution is 0.0699. The van der Waals surface area contributed by atoms with Crippen molar-refractivity contribution >= 4 is 22.7 Å². The largest absolute Gasteiger partial charge is 0.454 e. The van der Waals surface area contributed by atoms with Crippen LogP contribution < -0.4 is 10.6 Å². The highest BCUT2D eigenvalue weighted by atomic mass is 16.5. The third-order valence-corrected chi connectivity index (χ3v) is 7.16. The Morgan fingerprint density at radius 2 is 1.79 bits per heavy atom. The molecule has 3 aromatic rings. The van der Waals surface area contributed by atoms with E-state index in [0.717, 1.165) is 97.1 Å². The van der Waals surface area contributed by atoms with Gasteiger partial charge in [-0.2, -0.15) is 4.98 Å². The molecule has 0 aromatic carbocycles. The van der Waals surface area contributed by atoms with E-state index >= 15 is 0 Å². The molecule has 0 unspecified atom stereocenters. The van der Waals surface area contributed by atoms with Crippen LogP contribution in [0.4, 0.5) is 11.8 Å². The number of hydrogen-bond donors (Lipinski definition) is 3. The number of pyridine rings is 1. The molecule has 1 aliphatic heterocycles. The van der Waals surface area contributed by atoms with Gasteiger partial charge in [-0.25, -0.2) is 4.98 Å². The standard InChI is InChI=1S/C26H35N5O3/c1-15-10-20-12-22(34-24(20)17(3)28-15)23-16(2)29-26(27-13-18-6-8-33-9-7-18)31-25(23)30-21-5-4-19(11-21)14-32/h10,12,18-19,21,32H,4-9,11,13-14H2,1-3H3,(H2,27,29,30,31)/t19-,21+/m1/s1. The normalized spacial score (nSPS) is 21.3. The Kier molecular flexibility index (Phi) is 6.70. The Bertz CT molecular complexity index is 1160. The van der Waals surface area contributed by atoms with Gasteiger partial charge < -0.3 is 24.9 Å². The number of aliphatic hydroxyl groups is 1. The molecule has 5 rings (SSSR count). The highest BCUT2D eigenvalue weighted by Gasteiger charge is 2.27. The number of aryl methyl sites for hydroxylation is 3. The van der Waals surface area contributed by atoms with Crippen molar-refractivity contribution in [1.29, 1.82) is 0 Å². The van der Waals surface area contributed by atoms with Crippen molar-refractivity contribution in [3.05, 3.63) is 29.2 Å². The van der Waals surface area contributed by atoms with Crippen LogP contribution in [0.25, 0.3) is 22.3 Å². The van der Waals surface area contributed by atoms with Crippen molar-refractivity contribution in [1.82, 2.24) is 15.0 Å². The minimum Gasteiger partial charge on any atom is -0.454 e. The second kappa shape index (κ2) is 9.88. The van der Waals surface area contributed by atoms with E-state index in [1.54, 1.807) is 0 Å². The van der Waals surface area contributed by atoms with Gasteiger partial charge in [0.05, 0.1) is 17.0 Å². The predicted octanol–water partition coefficient (Wildman–Crippen LogP) is 4.62. The van der Waals surface area contributed by atoms with Crippen LogP contribution in [0.15, 0.2) is 16.5 Å². The third-order valence-electron chi connectivity index (χ3n) is 7.16. The Labute approximate surface area is 200 Å². The summed E-state index contributed by atoms with van der Waals surface area (Å²) in [7, 11) is 0. The molecule has 0 amide bonds. The first-order valence-corrected chi connectivity index (χ1v) is 12.5. The van der Waals surface area contributed by atoms with Crippen LogP contribution >= 0.6 is 0 Å². The average molecular weight is 466 g/mol. The number of aromatic nitrogens is 3. The zero-order valence-corrected chi connectivity index (χ0v) is 20.4. The number of fused-ring (bicyclic) bond motifs is 1. The highest BCUT2D eigenvalue weighted by molar-refractivity contribution is 5.87. The quantitative estimate of drug-likeness (QED) is 0.464. The summed E-state index contributed by atoms with van der Waals surface area (Å²) in [6.07, 6.45) is 5.10. The summed E-state index contributed by atoms with van der Waals surface area (Å²) in [5.74, 6) is 3.09. The maximum atomic E-state index is 9.60. The molecule has 3 aromatic heterocycles. The molecule has 2 fully saturated rings. The zero-order valence-electron chi connectivity index (χ0n) is 20.4. The molecule has 1 saturated heterocycles. The maximum absolute atomic E-state index is 9.60. The van der Waals surface area contributed by atoms with Crippen molar-refractivity contribution < 1.29 is 14.3 Å². The number of nitrogens with one attached hydrogen (secondary N) is 2. The smallest absolute Gasteiger partial charge is 0.224 e. The van der Waals surface area contributed by atoms with Crippen LogP contribution in [0.3, 0.4) is 0 Å². The zero-order chi connectivity index (χ0) is 23.7. The lowest BCUT2D eigenvalue weighted by Gasteiger charge is -2.23. The van der Waals surface area contributed by atoms with Crippen LogP contribution in [-0.2, 0) is 4.74 Å². The third kappa shape index (κ3) is 4.88. The van der Waals surface area contributed by atoms with Gasteiger partial charge in [0.25, 0.3) is 0 Å². The number of anilines is 2. The molecule has 2 atom stereocenters. The number of nitrogens with zero attached hydrogens (tertiary/aromatic N) is 3. The van der Waals surface area contributed by atoms with Crippen molar-refractivity contribution in [2.75, 3.05) is 37.0 Å². The summed E-state index contributed by atoms with van der Waals surface area (Å²) >= 11 is 0. The van der Waals surface area contributed by atoms with Crippen molar-refractivity contribution in [3.8, 4) is 11.3 Å². The summed E-state index contributed by atoms with van der Waals surface area (Å²) in [4.78, 5) is 14.3. The molecule has 1 saturated carbocycles. The lowest BCUT2D eigenvalue weighted by Crippen LogP contribution is -2.24. The van der Waals surface area contributed by atoms with Crippen LogP contribution in [0.5, 0.6) is 0 Å². The van der Waals surface area contributed by atoms with E-state index < -0.39 is 0 Å². The molecular formula is C26H35N5O3. The molecule has 4 heterocycles. The summed E-state index contributed by atoms with van der Waals surface area (Å²) in [6.45, 7) is 8.71. The first-order chi connectivity index (χ1) is 16.5. The summed E-state index contributed by atoms with van der Waals surface area (Å²) < 4.78 is 11.8. The number of aliphatic hydroxyl groups excluding tert-OH is 1. The van der Waals surface area contributed by atoms with Gasteiger partial charge in [-0.15, -0.1) is 0 Å². The molecule has 8 heteroatoms. The Morgan fingerprint density at radius 1 is 0.971 bits per heavy atom. The average Bonchev–Trinajstić information content (AvgIpc) is 3.45. The minimum atomic E-state index is 0.237. The van der Waals surface area contributed by atoms with Crippen LogP contribution in [0.2, 0.25) is 0 Å². The molecule has 1 aliphatic carbocycles. The Balaban J connectivity index is 1.48. The monoisotopic (exact) mass is 465 g/mol. The van der Waals surface area contributed by atoms with Gasteiger partial charge in [0.1, 0.15) is 11.6 Å². The van der Waals surface area contributed by atoms with Crippen LogP contribution in [0, 0.1) is 32.6 Å². The number of hydrogen-bond acceptors (Lipinski definition) is 8. The minimum absolute atomic E-state index is 0.237. The lowest BCUT2D eigenvalue weighted by atomic mass is 10.0. The first-order valence-electron chi connectivity index (χ1n) is 12.5. The number of rotatable bonds is 7. The van der Waals surface area contributed by atoms with Crippen molar-refractivity contribution in [3.63, 3.8) is 0 Å². The van der Waals surface area contributed by atoms with Crippen molar-refractivity contribution in [2.45, 2.75) is 58.9 Å². The van der Waals surface area contributed by atoms with Gasteiger partial charge in [0, 0.05) is 43.5 Å². The van der Waals surface area contributed by atoms with Gasteiger partial charge in [0.15, 0.2) is 5.58 Å². The van der Waals surface area contributed by atoms with E-state index in [-0.39, 0.29) is 12.6 Å². The van der Waals surface area contributed by atoms with E-state index in [1.807, 2.05) is 26.8 Å². The highest BCUT2D eigenvalue weighted by Crippen LogP contribution is 2.37. The molecule has 0 spiro atoms. The summed E-state index contributed by atoms with van der Waals surface area (Å²) in [5, 5.41) is 17.8. The second-order valence-electron chi connectivity index (χ2n) is 9.87. The molecular weight excluding hydrogens is 430 g/mol. The van der Waals surface area contributed by atoms with E-state index in [0.29, 0.717) is 17.8 Å². The fraction of sp³-hybridized carbons (Fsp3) is 0.577. The van der Waals surface area contributed by atoms with Crippen molar-refractivity contribution in [2.24, 2.45) is 11.8 Å². The fourth-order valence-electron chi connectivity index (χ4n) is 5.29. The topological polar surface area (TPSA) is 105 Å². The molecule has 182 valence electrons. The fourth-order valence-corrected chi connectivity index (χ4v) is 5.29.